The highest BCUT2D eigenvalue weighted by atomic mass is 35.5. The highest BCUT2D eigenvalue weighted by Gasteiger charge is 2.29. The van der Waals surface area contributed by atoms with Gasteiger partial charge in [0, 0.05) is 10.7 Å². The SMILES string of the molecule is Cc1oc2c(F)c(F)c(F)c(F)c2c1C(=O)Nc1ccc(Cl)cc1. The van der Waals surface area contributed by atoms with Gasteiger partial charge < -0.3 is 9.73 Å². The van der Waals surface area contributed by atoms with Crippen LogP contribution in [0.25, 0.3) is 11.0 Å². The lowest BCUT2D eigenvalue weighted by Crippen LogP contribution is -2.13. The van der Waals surface area contributed by atoms with Crippen molar-refractivity contribution in [3.05, 3.63) is 63.9 Å². The summed E-state index contributed by atoms with van der Waals surface area (Å²) < 4.78 is 59.4. The molecule has 1 heterocycles. The third kappa shape index (κ3) is 2.50. The number of furan rings is 1. The second-order valence-electron chi connectivity index (χ2n) is 4.95. The maximum absolute atomic E-state index is 14.0. The van der Waals surface area contributed by atoms with E-state index in [-0.39, 0.29) is 5.76 Å². The molecule has 124 valence electrons. The predicted octanol–water partition coefficient (Wildman–Crippen LogP) is 5.20. The van der Waals surface area contributed by atoms with Crippen LogP contribution in [0.15, 0.2) is 28.7 Å². The Labute approximate surface area is 137 Å². The van der Waals surface area contributed by atoms with Crippen LogP contribution in [0.3, 0.4) is 0 Å². The summed E-state index contributed by atoms with van der Waals surface area (Å²) in [6.07, 6.45) is 0. The van der Waals surface area contributed by atoms with Crippen molar-refractivity contribution in [1.82, 2.24) is 0 Å². The van der Waals surface area contributed by atoms with Gasteiger partial charge in [-0.25, -0.2) is 13.2 Å². The Kier molecular flexibility index (Phi) is 3.96. The van der Waals surface area contributed by atoms with E-state index in [4.69, 9.17) is 16.0 Å². The Morgan fingerprint density at radius 1 is 1.00 bits per heavy atom. The molecule has 0 spiro atoms. The lowest BCUT2D eigenvalue weighted by Gasteiger charge is -2.05. The van der Waals surface area contributed by atoms with Gasteiger partial charge in [0.25, 0.3) is 5.91 Å². The smallest absolute Gasteiger partial charge is 0.259 e. The summed E-state index contributed by atoms with van der Waals surface area (Å²) in [5.74, 6) is -8.45. The third-order valence-electron chi connectivity index (χ3n) is 3.41. The van der Waals surface area contributed by atoms with Gasteiger partial charge in [0.1, 0.15) is 5.76 Å². The summed E-state index contributed by atoms with van der Waals surface area (Å²) in [4.78, 5) is 12.3. The molecule has 0 fully saturated rings. The van der Waals surface area contributed by atoms with Gasteiger partial charge in [-0.05, 0) is 31.2 Å². The number of fused-ring (bicyclic) bond motifs is 1. The number of rotatable bonds is 2. The summed E-state index contributed by atoms with van der Waals surface area (Å²) in [5.41, 5.74) is -0.956. The van der Waals surface area contributed by atoms with Crippen LogP contribution in [0.5, 0.6) is 0 Å². The van der Waals surface area contributed by atoms with Crippen molar-refractivity contribution in [2.24, 2.45) is 0 Å². The zero-order valence-corrected chi connectivity index (χ0v) is 12.8. The molecule has 8 heteroatoms. The van der Waals surface area contributed by atoms with Crippen molar-refractivity contribution in [2.75, 3.05) is 5.32 Å². The minimum atomic E-state index is -2.01. The monoisotopic (exact) mass is 357 g/mol. The van der Waals surface area contributed by atoms with Crippen molar-refractivity contribution >= 4 is 34.2 Å². The highest BCUT2D eigenvalue weighted by molar-refractivity contribution is 6.30. The van der Waals surface area contributed by atoms with Gasteiger partial charge in [0.05, 0.1) is 10.9 Å². The second kappa shape index (κ2) is 5.83. The fourth-order valence-corrected chi connectivity index (χ4v) is 2.44. The van der Waals surface area contributed by atoms with E-state index in [0.29, 0.717) is 10.7 Å². The summed E-state index contributed by atoms with van der Waals surface area (Å²) in [5, 5.41) is 2.10. The number of hydrogen-bond acceptors (Lipinski definition) is 2. The van der Waals surface area contributed by atoms with Gasteiger partial charge in [-0.2, -0.15) is 4.39 Å². The molecule has 3 rings (SSSR count). The molecule has 3 nitrogen and oxygen atoms in total. The number of amides is 1. The van der Waals surface area contributed by atoms with Crippen molar-refractivity contribution < 1.29 is 26.8 Å². The molecule has 3 aromatic rings. The Hall–Kier alpha value is -2.54. The summed E-state index contributed by atoms with van der Waals surface area (Å²) in [7, 11) is 0. The fourth-order valence-electron chi connectivity index (χ4n) is 2.31. The molecule has 1 amide bonds. The minimum absolute atomic E-state index is 0.181. The van der Waals surface area contributed by atoms with E-state index in [0.717, 1.165) is 0 Å². The zero-order valence-electron chi connectivity index (χ0n) is 12.0. The first kappa shape index (κ1) is 16.3. The molecule has 0 aliphatic carbocycles. The van der Waals surface area contributed by atoms with Gasteiger partial charge in [-0.1, -0.05) is 11.6 Å². The van der Waals surface area contributed by atoms with Crippen LogP contribution in [0.4, 0.5) is 23.2 Å². The van der Waals surface area contributed by atoms with Crippen molar-refractivity contribution in [2.45, 2.75) is 6.92 Å². The lowest BCUT2D eigenvalue weighted by molar-refractivity contribution is 0.102. The van der Waals surface area contributed by atoms with Gasteiger partial charge in [-0.15, -0.1) is 0 Å². The number of benzene rings is 2. The number of hydrogen-bond donors (Lipinski definition) is 1. The number of aryl methyl sites for hydroxylation is 1. The Balaban J connectivity index is 2.14. The molecule has 0 saturated heterocycles. The van der Waals surface area contributed by atoms with Gasteiger partial charge in [-0.3, -0.25) is 4.79 Å². The molecule has 1 aromatic heterocycles. The predicted molar refractivity (Wildman–Crippen MR) is 80.2 cm³/mol. The molecule has 1 N–H and O–H groups in total. The van der Waals surface area contributed by atoms with Crippen molar-refractivity contribution in [3.8, 4) is 0 Å². The number of anilines is 1. The zero-order chi connectivity index (χ0) is 17.6. The van der Waals surface area contributed by atoms with Crippen molar-refractivity contribution in [3.63, 3.8) is 0 Å². The normalized spacial score (nSPS) is 11.1. The molecule has 0 aliphatic heterocycles. The summed E-state index contributed by atoms with van der Waals surface area (Å²) in [6.45, 7) is 1.26. The van der Waals surface area contributed by atoms with E-state index in [1.807, 2.05) is 0 Å². The average Bonchev–Trinajstić information content (AvgIpc) is 2.90. The van der Waals surface area contributed by atoms with E-state index in [2.05, 4.69) is 5.32 Å². The number of carbonyl (C=O) groups is 1. The van der Waals surface area contributed by atoms with Crippen LogP contribution in [0, 0.1) is 30.2 Å². The molecule has 0 atom stereocenters. The Morgan fingerprint density at radius 3 is 2.21 bits per heavy atom. The van der Waals surface area contributed by atoms with Crippen LogP contribution in [-0.2, 0) is 0 Å². The van der Waals surface area contributed by atoms with Crippen LogP contribution in [-0.4, -0.2) is 5.91 Å². The van der Waals surface area contributed by atoms with Crippen LogP contribution in [0.2, 0.25) is 5.02 Å². The number of carbonyl (C=O) groups excluding carboxylic acids is 1. The quantitative estimate of drug-likeness (QED) is 0.389. The maximum Gasteiger partial charge on any atom is 0.259 e. The largest absolute Gasteiger partial charge is 0.457 e. The third-order valence-corrected chi connectivity index (χ3v) is 3.66. The second-order valence-corrected chi connectivity index (χ2v) is 5.39. The molecule has 0 unspecified atom stereocenters. The summed E-state index contributed by atoms with van der Waals surface area (Å²) >= 11 is 5.73. The molecule has 0 bridgehead atoms. The first-order chi connectivity index (χ1) is 11.3. The lowest BCUT2D eigenvalue weighted by atomic mass is 10.1. The van der Waals surface area contributed by atoms with Crippen molar-refractivity contribution in [1.29, 1.82) is 0 Å². The van der Waals surface area contributed by atoms with Crippen LogP contribution < -0.4 is 5.32 Å². The number of halogens is 5. The molecular formula is C16H8ClF4NO2. The topological polar surface area (TPSA) is 42.2 Å². The minimum Gasteiger partial charge on any atom is -0.457 e. The van der Waals surface area contributed by atoms with Gasteiger partial charge in [0.2, 0.25) is 11.6 Å². The standard InChI is InChI=1S/C16H8ClF4NO2/c1-6-9(16(23)22-8-4-2-7(17)3-5-8)10-11(18)12(19)13(20)14(21)15(10)24-6/h2-5H,1H3,(H,22,23). The first-order valence-electron chi connectivity index (χ1n) is 6.63. The summed E-state index contributed by atoms with van der Waals surface area (Å²) in [6, 6.07) is 5.98. The Morgan fingerprint density at radius 2 is 1.58 bits per heavy atom. The fraction of sp³-hybridized carbons (Fsp3) is 0.0625. The van der Waals surface area contributed by atoms with E-state index in [9.17, 15) is 22.4 Å². The van der Waals surface area contributed by atoms with Crippen LogP contribution in [0.1, 0.15) is 16.1 Å². The van der Waals surface area contributed by atoms with E-state index < -0.39 is 45.7 Å². The first-order valence-corrected chi connectivity index (χ1v) is 7.01. The average molecular weight is 358 g/mol. The molecule has 24 heavy (non-hydrogen) atoms. The molecule has 2 aromatic carbocycles. The Bertz CT molecular complexity index is 967. The van der Waals surface area contributed by atoms with E-state index in [1.54, 1.807) is 0 Å². The molecule has 0 radical (unpaired) electrons. The number of nitrogens with one attached hydrogen (secondary N) is 1. The molecule has 0 saturated carbocycles. The highest BCUT2D eigenvalue weighted by Crippen LogP contribution is 2.33. The maximum atomic E-state index is 14.0. The molecule has 0 aliphatic rings. The van der Waals surface area contributed by atoms with E-state index >= 15 is 0 Å². The van der Waals surface area contributed by atoms with Gasteiger partial charge >= 0.3 is 0 Å². The molecular weight excluding hydrogens is 350 g/mol. The van der Waals surface area contributed by atoms with Crippen LogP contribution >= 0.6 is 11.6 Å². The van der Waals surface area contributed by atoms with Gasteiger partial charge in [0.15, 0.2) is 17.2 Å². The van der Waals surface area contributed by atoms with E-state index in [1.165, 1.54) is 31.2 Å².